The number of rotatable bonds is 3. The molecule has 2 aromatic rings. The predicted octanol–water partition coefficient (Wildman–Crippen LogP) is 1.72. The van der Waals surface area contributed by atoms with Crippen LogP contribution >= 0.6 is 0 Å². The Morgan fingerprint density at radius 2 is 2.15 bits per heavy atom. The van der Waals surface area contributed by atoms with Crippen LogP contribution in [0.3, 0.4) is 0 Å². The lowest BCUT2D eigenvalue weighted by atomic mass is 10.0. The van der Waals surface area contributed by atoms with Crippen LogP contribution in [0.5, 0.6) is 5.75 Å². The summed E-state index contributed by atoms with van der Waals surface area (Å²) in [5.74, 6) is -1.23. The minimum atomic E-state index is -1.30. The third kappa shape index (κ3) is 2.36. The number of carboxylic acid groups (broad SMARTS) is 1. The summed E-state index contributed by atoms with van der Waals surface area (Å²) in [4.78, 5) is 26.2. The molecule has 27 heavy (non-hydrogen) atoms. The number of aromatic nitrogens is 1. The zero-order valence-corrected chi connectivity index (χ0v) is 14.7. The summed E-state index contributed by atoms with van der Waals surface area (Å²) in [5, 5.41) is 9.44. The largest absolute Gasteiger partial charge is 0.487 e. The van der Waals surface area contributed by atoms with E-state index in [9.17, 15) is 14.7 Å². The van der Waals surface area contributed by atoms with Crippen LogP contribution in [0.25, 0.3) is 10.9 Å². The van der Waals surface area contributed by atoms with Crippen LogP contribution in [0.15, 0.2) is 17.1 Å². The van der Waals surface area contributed by atoms with E-state index in [2.05, 4.69) is 0 Å². The first kappa shape index (κ1) is 16.6. The number of ether oxygens (including phenoxy) is 1. The highest BCUT2D eigenvalue weighted by Gasteiger charge is 2.40. The second-order valence-corrected chi connectivity index (χ2v) is 7.70. The van der Waals surface area contributed by atoms with Crippen LogP contribution < -0.4 is 20.8 Å². The number of nitrogens with two attached hydrogens (primary N) is 1. The number of aromatic carboxylic acids is 1. The fraction of sp³-hybridized carbons (Fsp3) is 0.474. The van der Waals surface area contributed by atoms with Crippen molar-refractivity contribution in [2.24, 2.45) is 11.7 Å². The molecular formula is C19H20FN3O4. The first-order chi connectivity index (χ1) is 13.0. The molecule has 7 nitrogen and oxygen atoms in total. The molecule has 1 unspecified atom stereocenters. The van der Waals surface area contributed by atoms with E-state index in [1.165, 1.54) is 12.3 Å². The Morgan fingerprint density at radius 1 is 1.37 bits per heavy atom. The normalized spacial score (nSPS) is 23.9. The number of carbonyl (C=O) groups is 1. The summed E-state index contributed by atoms with van der Waals surface area (Å²) in [6.07, 6.45) is 4.02. The van der Waals surface area contributed by atoms with Gasteiger partial charge < -0.3 is 25.0 Å². The average molecular weight is 373 g/mol. The van der Waals surface area contributed by atoms with E-state index in [1.54, 1.807) is 4.57 Å². The van der Waals surface area contributed by atoms with Crippen molar-refractivity contribution >= 4 is 22.6 Å². The molecule has 3 heterocycles. The molecule has 8 heteroatoms. The smallest absolute Gasteiger partial charge is 0.341 e. The summed E-state index contributed by atoms with van der Waals surface area (Å²) < 4.78 is 22.8. The fourth-order valence-electron chi connectivity index (χ4n) is 4.44. The fourth-order valence-corrected chi connectivity index (χ4v) is 4.44. The van der Waals surface area contributed by atoms with Gasteiger partial charge in [0.25, 0.3) is 0 Å². The van der Waals surface area contributed by atoms with Gasteiger partial charge in [0.1, 0.15) is 17.9 Å². The third-order valence-corrected chi connectivity index (χ3v) is 5.91. The van der Waals surface area contributed by atoms with Gasteiger partial charge in [0.05, 0.1) is 16.9 Å². The predicted molar refractivity (Wildman–Crippen MR) is 97.2 cm³/mol. The Morgan fingerprint density at radius 3 is 2.81 bits per heavy atom. The summed E-state index contributed by atoms with van der Waals surface area (Å²) in [5.41, 5.74) is 5.66. The van der Waals surface area contributed by atoms with Gasteiger partial charge in [-0.25, -0.2) is 9.18 Å². The van der Waals surface area contributed by atoms with Crippen molar-refractivity contribution in [3.8, 4) is 5.75 Å². The lowest BCUT2D eigenvalue weighted by Crippen LogP contribution is -2.39. The van der Waals surface area contributed by atoms with Crippen molar-refractivity contribution in [2.75, 3.05) is 24.6 Å². The van der Waals surface area contributed by atoms with Gasteiger partial charge in [-0.3, -0.25) is 4.79 Å². The molecule has 0 bridgehead atoms. The summed E-state index contributed by atoms with van der Waals surface area (Å²) in [6.45, 7) is 1.59. The van der Waals surface area contributed by atoms with Gasteiger partial charge >= 0.3 is 5.97 Å². The van der Waals surface area contributed by atoms with Gasteiger partial charge in [0, 0.05) is 18.8 Å². The maximum Gasteiger partial charge on any atom is 0.341 e. The van der Waals surface area contributed by atoms with Crippen LogP contribution in [0.2, 0.25) is 0 Å². The number of pyridine rings is 1. The van der Waals surface area contributed by atoms with Crippen molar-refractivity contribution in [1.29, 1.82) is 0 Å². The Labute approximate surface area is 154 Å². The molecule has 2 aliphatic heterocycles. The van der Waals surface area contributed by atoms with Crippen molar-refractivity contribution in [3.63, 3.8) is 0 Å². The Bertz CT molecular complexity index is 1030. The van der Waals surface area contributed by atoms with E-state index in [0.29, 0.717) is 36.6 Å². The van der Waals surface area contributed by atoms with Crippen LogP contribution in [-0.4, -0.2) is 41.4 Å². The molecule has 1 saturated heterocycles. The lowest BCUT2D eigenvalue weighted by molar-refractivity contribution is 0.0695. The topological polar surface area (TPSA) is 97.8 Å². The number of hydrogen-bond acceptors (Lipinski definition) is 5. The molecule has 5 rings (SSSR count). The van der Waals surface area contributed by atoms with E-state index in [4.69, 9.17) is 10.5 Å². The first-order valence-corrected chi connectivity index (χ1v) is 9.23. The Hall–Kier alpha value is -2.61. The van der Waals surface area contributed by atoms with Crippen LogP contribution in [-0.2, 0) is 0 Å². The highest BCUT2D eigenvalue weighted by Crippen LogP contribution is 2.47. The maximum atomic E-state index is 15.1. The standard InChI is InChI=1S/C19H20FN3O4/c20-14-4-12-15(23(10-1-2-10)7-13(17(12)24)19(25)26)18-16(14)22-6-9(5-21)3-11(22)8-27-18/h4,7,9-11H,1-3,5-6,8,21H2,(H,25,26)/t9?,11-/m0/s1. The Kier molecular flexibility index (Phi) is 3.49. The molecule has 0 amide bonds. The maximum absolute atomic E-state index is 15.1. The number of nitrogens with zero attached hydrogens (tertiary/aromatic N) is 2. The number of halogens is 1. The molecule has 0 radical (unpaired) electrons. The molecule has 1 aromatic heterocycles. The molecule has 3 aliphatic rings. The Balaban J connectivity index is 1.80. The van der Waals surface area contributed by atoms with Gasteiger partial charge in [-0.2, -0.15) is 0 Å². The molecule has 0 spiro atoms. The van der Waals surface area contributed by atoms with E-state index in [-0.39, 0.29) is 29.0 Å². The summed E-state index contributed by atoms with van der Waals surface area (Å²) in [6, 6.07) is 1.35. The second-order valence-electron chi connectivity index (χ2n) is 7.70. The number of fused-ring (bicyclic) bond motifs is 5. The minimum Gasteiger partial charge on any atom is -0.487 e. The lowest BCUT2D eigenvalue weighted by Gasteiger charge is -2.34. The van der Waals surface area contributed by atoms with Gasteiger partial charge in [-0.1, -0.05) is 0 Å². The monoisotopic (exact) mass is 373 g/mol. The van der Waals surface area contributed by atoms with Crippen LogP contribution in [0, 0.1) is 11.7 Å². The molecule has 3 N–H and O–H groups in total. The number of anilines is 1. The van der Waals surface area contributed by atoms with Gasteiger partial charge in [0.15, 0.2) is 11.6 Å². The number of carboxylic acids is 1. The number of hydrogen-bond donors (Lipinski definition) is 2. The average Bonchev–Trinajstić information content (AvgIpc) is 3.39. The number of benzene rings is 1. The second kappa shape index (κ2) is 5.69. The first-order valence-electron chi connectivity index (χ1n) is 9.23. The molecule has 142 valence electrons. The van der Waals surface area contributed by atoms with Gasteiger partial charge in [-0.15, -0.1) is 0 Å². The van der Waals surface area contributed by atoms with E-state index >= 15 is 4.39 Å². The highest BCUT2D eigenvalue weighted by molar-refractivity contribution is 5.97. The van der Waals surface area contributed by atoms with E-state index < -0.39 is 17.2 Å². The minimum absolute atomic E-state index is 0.0612. The van der Waals surface area contributed by atoms with Crippen LogP contribution in [0.4, 0.5) is 10.1 Å². The van der Waals surface area contributed by atoms with Crippen LogP contribution in [0.1, 0.15) is 35.7 Å². The van der Waals surface area contributed by atoms with Crippen molar-refractivity contribution in [1.82, 2.24) is 4.57 Å². The highest BCUT2D eigenvalue weighted by atomic mass is 19.1. The third-order valence-electron chi connectivity index (χ3n) is 5.91. The SMILES string of the molecule is NCC1C[C@H]2COc3c(c(F)cc4c(=O)c(C(=O)O)cn(C5CC5)c34)N2C1. The molecule has 1 saturated carbocycles. The van der Waals surface area contributed by atoms with Crippen molar-refractivity contribution in [2.45, 2.75) is 31.3 Å². The molecule has 2 atom stereocenters. The molecule has 1 aliphatic carbocycles. The van der Waals surface area contributed by atoms with Crippen molar-refractivity contribution < 1.29 is 19.0 Å². The zero-order valence-electron chi connectivity index (χ0n) is 14.7. The molecule has 1 aromatic carbocycles. The summed E-state index contributed by atoms with van der Waals surface area (Å²) in [7, 11) is 0. The molecule has 2 fully saturated rings. The summed E-state index contributed by atoms with van der Waals surface area (Å²) >= 11 is 0. The van der Waals surface area contributed by atoms with Crippen molar-refractivity contribution in [3.05, 3.63) is 33.9 Å². The van der Waals surface area contributed by atoms with E-state index in [1.807, 2.05) is 4.90 Å². The quantitative estimate of drug-likeness (QED) is 0.850. The van der Waals surface area contributed by atoms with E-state index in [0.717, 1.165) is 19.3 Å². The van der Waals surface area contributed by atoms with Gasteiger partial charge in [-0.05, 0) is 37.8 Å². The molecular weight excluding hydrogens is 353 g/mol. The van der Waals surface area contributed by atoms with Gasteiger partial charge in [0.2, 0.25) is 5.43 Å². The zero-order chi connectivity index (χ0) is 18.9.